The van der Waals surface area contributed by atoms with E-state index in [1.807, 2.05) is 6.07 Å². The predicted octanol–water partition coefficient (Wildman–Crippen LogP) is 2.37. The van der Waals surface area contributed by atoms with Crippen molar-refractivity contribution in [2.75, 3.05) is 13.1 Å². The van der Waals surface area contributed by atoms with Crippen LogP contribution in [0.2, 0.25) is 0 Å². The number of carbonyl (C=O) groups excluding carboxylic acids is 1. The van der Waals surface area contributed by atoms with Gasteiger partial charge >= 0.3 is 0 Å². The molecular formula is C18H21ClN2O3S. The summed E-state index contributed by atoms with van der Waals surface area (Å²) in [6.07, 6.45) is 1.72. The van der Waals surface area contributed by atoms with E-state index >= 15 is 0 Å². The Labute approximate surface area is 154 Å². The van der Waals surface area contributed by atoms with E-state index in [1.165, 1.54) is 6.07 Å². The highest BCUT2D eigenvalue weighted by Gasteiger charge is 2.26. The quantitative estimate of drug-likeness (QED) is 0.781. The Balaban J connectivity index is 0.00000225. The molecule has 1 aliphatic rings. The van der Waals surface area contributed by atoms with E-state index in [2.05, 4.69) is 10.0 Å². The van der Waals surface area contributed by atoms with Crippen molar-refractivity contribution in [1.82, 2.24) is 10.0 Å². The second kappa shape index (κ2) is 8.58. The fraction of sp³-hybridized carbons (Fsp3) is 0.278. The van der Waals surface area contributed by atoms with E-state index in [0.717, 1.165) is 19.4 Å². The summed E-state index contributed by atoms with van der Waals surface area (Å²) in [6.45, 7) is 1.51. The summed E-state index contributed by atoms with van der Waals surface area (Å²) in [4.78, 5) is 12.7. The lowest BCUT2D eigenvalue weighted by Gasteiger charge is -2.24. The maximum atomic E-state index is 12.8. The van der Waals surface area contributed by atoms with Gasteiger partial charge in [0.05, 0.1) is 4.90 Å². The lowest BCUT2D eigenvalue weighted by atomic mass is 10.0. The first kappa shape index (κ1) is 19.6. The average molecular weight is 381 g/mol. The third kappa shape index (κ3) is 4.67. The van der Waals surface area contributed by atoms with Crippen molar-refractivity contribution >= 4 is 28.2 Å². The van der Waals surface area contributed by atoms with Crippen LogP contribution >= 0.6 is 12.4 Å². The van der Waals surface area contributed by atoms with E-state index in [4.69, 9.17) is 0 Å². The normalized spacial score (nSPS) is 17.5. The van der Waals surface area contributed by atoms with Crippen LogP contribution in [0.5, 0.6) is 0 Å². The number of halogens is 1. The second-order valence-electron chi connectivity index (χ2n) is 5.86. The van der Waals surface area contributed by atoms with E-state index in [1.54, 1.807) is 42.5 Å². The molecule has 0 radical (unpaired) electrons. The maximum absolute atomic E-state index is 12.8. The molecule has 0 aromatic heterocycles. The van der Waals surface area contributed by atoms with Gasteiger partial charge in [0.15, 0.2) is 5.78 Å². The van der Waals surface area contributed by atoms with Gasteiger partial charge in [-0.2, -0.15) is 0 Å². The summed E-state index contributed by atoms with van der Waals surface area (Å²) >= 11 is 0. The molecule has 0 bridgehead atoms. The van der Waals surface area contributed by atoms with Crippen molar-refractivity contribution in [3.05, 3.63) is 65.7 Å². The van der Waals surface area contributed by atoms with Gasteiger partial charge in [0.25, 0.3) is 0 Å². The number of piperidine rings is 1. The minimum Gasteiger partial charge on any atom is -0.315 e. The van der Waals surface area contributed by atoms with Crippen LogP contribution in [-0.2, 0) is 10.0 Å². The topological polar surface area (TPSA) is 75.3 Å². The first-order valence-corrected chi connectivity index (χ1v) is 9.48. The lowest BCUT2D eigenvalue weighted by molar-refractivity contribution is 0.103. The van der Waals surface area contributed by atoms with Crippen molar-refractivity contribution < 1.29 is 13.2 Å². The van der Waals surface area contributed by atoms with Gasteiger partial charge in [-0.15, -0.1) is 12.4 Å². The summed E-state index contributed by atoms with van der Waals surface area (Å²) in [5, 5.41) is 3.18. The first-order valence-electron chi connectivity index (χ1n) is 8.00. The zero-order chi connectivity index (χ0) is 17.0. The zero-order valence-corrected chi connectivity index (χ0v) is 15.3. The maximum Gasteiger partial charge on any atom is 0.241 e. The zero-order valence-electron chi connectivity index (χ0n) is 13.6. The van der Waals surface area contributed by atoms with Gasteiger partial charge in [-0.1, -0.05) is 42.5 Å². The van der Waals surface area contributed by atoms with Crippen molar-refractivity contribution in [2.45, 2.75) is 23.8 Å². The van der Waals surface area contributed by atoms with Gasteiger partial charge in [0.2, 0.25) is 10.0 Å². The van der Waals surface area contributed by atoms with Gasteiger partial charge in [0.1, 0.15) is 0 Å². The van der Waals surface area contributed by atoms with E-state index in [9.17, 15) is 13.2 Å². The van der Waals surface area contributed by atoms with Gasteiger partial charge in [-0.3, -0.25) is 4.79 Å². The van der Waals surface area contributed by atoms with Crippen LogP contribution in [0.3, 0.4) is 0 Å². The molecule has 1 fully saturated rings. The predicted molar refractivity (Wildman–Crippen MR) is 99.8 cm³/mol. The molecule has 134 valence electrons. The highest BCUT2D eigenvalue weighted by atomic mass is 35.5. The molecule has 1 unspecified atom stereocenters. The van der Waals surface area contributed by atoms with E-state index in [0.29, 0.717) is 12.1 Å². The Morgan fingerprint density at radius 2 is 1.72 bits per heavy atom. The van der Waals surface area contributed by atoms with Crippen LogP contribution in [0.25, 0.3) is 0 Å². The van der Waals surface area contributed by atoms with Crippen LogP contribution in [-0.4, -0.2) is 33.3 Å². The van der Waals surface area contributed by atoms with Crippen molar-refractivity contribution in [2.24, 2.45) is 0 Å². The number of sulfonamides is 1. The van der Waals surface area contributed by atoms with Crippen LogP contribution in [0, 0.1) is 0 Å². The van der Waals surface area contributed by atoms with Crippen molar-refractivity contribution in [3.63, 3.8) is 0 Å². The number of carbonyl (C=O) groups is 1. The average Bonchev–Trinajstić information content (AvgIpc) is 2.62. The molecule has 2 aromatic carbocycles. The Bertz CT molecular complexity index is 819. The summed E-state index contributed by atoms with van der Waals surface area (Å²) in [5.74, 6) is -0.293. The molecule has 1 aliphatic heterocycles. The molecule has 0 saturated carbocycles. The molecular weight excluding hydrogens is 360 g/mol. The molecule has 1 atom stereocenters. The molecule has 0 amide bonds. The summed E-state index contributed by atoms with van der Waals surface area (Å²) in [6, 6.07) is 14.9. The number of rotatable bonds is 5. The number of ketones is 1. The van der Waals surface area contributed by atoms with Gasteiger partial charge in [-0.05, 0) is 31.5 Å². The first-order chi connectivity index (χ1) is 11.6. The Morgan fingerprint density at radius 3 is 2.40 bits per heavy atom. The largest absolute Gasteiger partial charge is 0.315 e. The summed E-state index contributed by atoms with van der Waals surface area (Å²) in [5.41, 5.74) is 0.666. The van der Waals surface area contributed by atoms with Crippen LogP contribution in [0.4, 0.5) is 0 Å². The molecule has 5 nitrogen and oxygen atoms in total. The Morgan fingerprint density at radius 1 is 1.04 bits per heavy atom. The second-order valence-corrected chi connectivity index (χ2v) is 7.54. The number of benzene rings is 2. The molecule has 0 aliphatic carbocycles. The molecule has 0 spiro atoms. The molecule has 1 heterocycles. The van der Waals surface area contributed by atoms with Gasteiger partial charge in [0, 0.05) is 23.7 Å². The van der Waals surface area contributed by atoms with Crippen LogP contribution < -0.4 is 10.0 Å². The van der Waals surface area contributed by atoms with Gasteiger partial charge < -0.3 is 5.32 Å². The lowest BCUT2D eigenvalue weighted by Crippen LogP contribution is -2.45. The van der Waals surface area contributed by atoms with Gasteiger partial charge in [-0.25, -0.2) is 13.1 Å². The minimum atomic E-state index is -3.75. The monoisotopic (exact) mass is 380 g/mol. The summed E-state index contributed by atoms with van der Waals surface area (Å²) in [7, 11) is -3.75. The number of hydrogen-bond acceptors (Lipinski definition) is 4. The fourth-order valence-electron chi connectivity index (χ4n) is 2.87. The standard InChI is InChI=1S/C18H20N2O3S.ClH/c21-18(14-7-2-1-3-8-14)16-10-4-5-11-17(16)24(22,23)20-15-9-6-12-19-13-15;/h1-5,7-8,10-11,15,19-20H,6,9,12-13H2;1H. The molecule has 3 rings (SSSR count). The highest BCUT2D eigenvalue weighted by molar-refractivity contribution is 7.89. The third-order valence-corrected chi connectivity index (χ3v) is 5.65. The van der Waals surface area contributed by atoms with E-state index < -0.39 is 10.0 Å². The smallest absolute Gasteiger partial charge is 0.241 e. The molecule has 7 heteroatoms. The number of hydrogen-bond donors (Lipinski definition) is 2. The fourth-order valence-corrected chi connectivity index (χ4v) is 4.34. The van der Waals surface area contributed by atoms with Crippen LogP contribution in [0.1, 0.15) is 28.8 Å². The van der Waals surface area contributed by atoms with Crippen molar-refractivity contribution in [3.8, 4) is 0 Å². The van der Waals surface area contributed by atoms with E-state index in [-0.39, 0.29) is 34.7 Å². The molecule has 1 saturated heterocycles. The highest BCUT2D eigenvalue weighted by Crippen LogP contribution is 2.20. The number of nitrogens with one attached hydrogen (secondary N) is 2. The summed E-state index contributed by atoms with van der Waals surface area (Å²) < 4.78 is 28.2. The molecule has 2 aromatic rings. The molecule has 2 N–H and O–H groups in total. The van der Waals surface area contributed by atoms with Crippen LogP contribution in [0.15, 0.2) is 59.5 Å². The minimum absolute atomic E-state index is 0. The third-order valence-electron chi connectivity index (χ3n) is 4.08. The van der Waals surface area contributed by atoms with Crippen molar-refractivity contribution in [1.29, 1.82) is 0 Å². The SMILES string of the molecule is Cl.O=C(c1ccccc1)c1ccccc1S(=O)(=O)NC1CCCNC1. The Kier molecular flexibility index (Phi) is 6.72. The Hall–Kier alpha value is -1.73. The molecule has 25 heavy (non-hydrogen) atoms.